The Morgan fingerprint density at radius 1 is 1.67 bits per heavy atom. The second-order valence-electron chi connectivity index (χ2n) is 2.21. The fourth-order valence-corrected chi connectivity index (χ4v) is 1.15. The minimum atomic E-state index is -2.30. The first kappa shape index (κ1) is 6.67. The lowest BCUT2D eigenvalue weighted by atomic mass is 10.5. The molecule has 1 N–H and O–H groups in total. The summed E-state index contributed by atoms with van der Waals surface area (Å²) in [4.78, 5) is 0. The molecule has 5 heteroatoms. The van der Waals surface area contributed by atoms with E-state index in [1.165, 1.54) is 6.26 Å². The van der Waals surface area contributed by atoms with Gasteiger partial charge in [0, 0.05) is 28.2 Å². The zero-order valence-corrected chi connectivity index (χ0v) is 6.02. The zero-order chi connectivity index (χ0) is 6.91. The first-order valence-corrected chi connectivity index (χ1v) is 4.83. The highest BCUT2D eigenvalue weighted by Gasteiger charge is 2.16. The lowest BCUT2D eigenvalue weighted by molar-refractivity contribution is 0.675. The summed E-state index contributed by atoms with van der Waals surface area (Å²) in [6.45, 7) is 0. The van der Waals surface area contributed by atoms with E-state index in [1.54, 1.807) is 0 Å². The minimum Gasteiger partial charge on any atom is -0.253 e. The molecule has 0 bridgehead atoms. The van der Waals surface area contributed by atoms with Crippen LogP contribution in [0.2, 0.25) is 0 Å². The first-order valence-electron chi connectivity index (χ1n) is 2.69. The molecule has 4 nitrogen and oxygen atoms in total. The van der Waals surface area contributed by atoms with Crippen molar-refractivity contribution in [3.63, 3.8) is 0 Å². The fraction of sp³-hybridized carbons (Fsp3) is 1.00. The van der Waals surface area contributed by atoms with E-state index in [0.717, 1.165) is 0 Å². The van der Waals surface area contributed by atoms with Crippen molar-refractivity contribution in [1.29, 1.82) is 4.78 Å². The van der Waals surface area contributed by atoms with E-state index in [0.29, 0.717) is 12.2 Å². The van der Waals surface area contributed by atoms with Crippen molar-refractivity contribution in [2.24, 2.45) is 10.2 Å². The van der Waals surface area contributed by atoms with Gasteiger partial charge in [0.2, 0.25) is 0 Å². The highest BCUT2D eigenvalue weighted by atomic mass is 32.2. The van der Waals surface area contributed by atoms with Crippen molar-refractivity contribution in [3.05, 3.63) is 0 Å². The van der Waals surface area contributed by atoms with E-state index >= 15 is 0 Å². The Morgan fingerprint density at radius 3 is 2.56 bits per heavy atom. The van der Waals surface area contributed by atoms with Crippen LogP contribution >= 0.6 is 0 Å². The van der Waals surface area contributed by atoms with Crippen molar-refractivity contribution >= 4 is 9.73 Å². The smallest absolute Gasteiger partial charge is 0.181 e. The van der Waals surface area contributed by atoms with Crippen LogP contribution < -0.4 is 0 Å². The molecule has 1 aliphatic heterocycles. The largest absolute Gasteiger partial charge is 0.253 e. The molecule has 0 aromatic rings. The van der Waals surface area contributed by atoms with Crippen LogP contribution in [-0.4, -0.2) is 22.4 Å². The average Bonchev–Trinajstić information content (AvgIpc) is 2.38. The van der Waals surface area contributed by atoms with Crippen LogP contribution in [0, 0.1) is 4.78 Å². The predicted octanol–water partition coefficient (Wildman–Crippen LogP) is 0.845. The van der Waals surface area contributed by atoms with Crippen molar-refractivity contribution in [2.45, 2.75) is 12.6 Å². The summed E-state index contributed by atoms with van der Waals surface area (Å²) >= 11 is 0. The van der Waals surface area contributed by atoms with Gasteiger partial charge >= 0.3 is 0 Å². The predicted molar refractivity (Wildman–Crippen MR) is 34.9 cm³/mol. The van der Waals surface area contributed by atoms with E-state index in [-0.39, 0.29) is 6.17 Å². The van der Waals surface area contributed by atoms with Crippen LogP contribution in [0.5, 0.6) is 0 Å². The Morgan fingerprint density at radius 2 is 2.22 bits per heavy atom. The molecular formula is C4H9N3OS. The molecule has 0 amide bonds. The number of rotatable bonds is 3. The lowest BCUT2D eigenvalue weighted by Gasteiger charge is -1.94. The molecule has 1 heterocycles. The summed E-state index contributed by atoms with van der Waals surface area (Å²) < 4.78 is 17.7. The molecule has 1 aliphatic rings. The number of hydrogen-bond acceptors (Lipinski definition) is 4. The molecule has 0 radical (unpaired) electrons. The molecule has 52 valence electrons. The number of hydrogen-bond donors (Lipinski definition) is 1. The van der Waals surface area contributed by atoms with Crippen LogP contribution in [-0.2, 0) is 9.73 Å². The third-order valence-electron chi connectivity index (χ3n) is 1.04. The van der Waals surface area contributed by atoms with Crippen molar-refractivity contribution < 1.29 is 4.21 Å². The summed E-state index contributed by atoms with van der Waals surface area (Å²) in [5.41, 5.74) is 0. The van der Waals surface area contributed by atoms with Crippen LogP contribution in [0.4, 0.5) is 0 Å². The van der Waals surface area contributed by atoms with Gasteiger partial charge in [-0.3, -0.25) is 8.99 Å². The standard InChI is InChI=1S/C4H9N3OS/c1-9(5,8)3-2-4-6-7-4/h4-5H,2-3H2,1H3/i6+1,7+1. The summed E-state index contributed by atoms with van der Waals surface area (Å²) in [5.74, 6) is 0.421. The number of nitrogens with zero attached hydrogens (tertiary/aromatic N) is 2. The summed E-state index contributed by atoms with van der Waals surface area (Å²) in [7, 11) is -2.30. The first-order chi connectivity index (χ1) is 4.08. The maximum absolute atomic E-state index is 10.7. The van der Waals surface area contributed by atoms with E-state index in [4.69, 9.17) is 4.78 Å². The highest BCUT2D eigenvalue weighted by Crippen LogP contribution is 2.14. The third kappa shape index (κ3) is 3.18. The SMILES string of the molecule is CS(=N)(=O)CCC1[15N]=[15N]1. The van der Waals surface area contributed by atoms with Gasteiger partial charge in [0.1, 0.15) is 0 Å². The molecule has 0 aromatic carbocycles. The summed E-state index contributed by atoms with van der Waals surface area (Å²) in [6.07, 6.45) is 2.19. The van der Waals surface area contributed by atoms with E-state index in [1.807, 2.05) is 0 Å². The monoisotopic (exact) mass is 149 g/mol. The Hall–Kier alpha value is -0.450. The van der Waals surface area contributed by atoms with Crippen LogP contribution in [0.15, 0.2) is 10.2 Å². The third-order valence-corrected chi connectivity index (χ3v) is 2.06. The summed E-state index contributed by atoms with van der Waals surface area (Å²) in [5, 5.41) is 7.24. The second kappa shape index (κ2) is 2.06. The Bertz CT molecular complexity index is 212. The highest BCUT2D eigenvalue weighted by molar-refractivity contribution is 7.91. The molecule has 1 unspecified atom stereocenters. The molecule has 0 fully saturated rings. The molecule has 1 rings (SSSR count). The Labute approximate surface area is 54.3 Å². The van der Waals surface area contributed by atoms with Gasteiger partial charge in [-0.2, -0.15) is 10.2 Å². The quantitative estimate of drug-likeness (QED) is 0.594. The normalized spacial score (nSPS) is 23.7. The fourth-order valence-electron chi connectivity index (χ4n) is 0.493. The van der Waals surface area contributed by atoms with E-state index < -0.39 is 9.73 Å². The van der Waals surface area contributed by atoms with Crippen molar-refractivity contribution in [3.8, 4) is 0 Å². The van der Waals surface area contributed by atoms with Gasteiger partial charge in [0.15, 0.2) is 6.17 Å². The molecule has 0 aliphatic carbocycles. The zero-order valence-electron chi connectivity index (χ0n) is 5.20. The molecule has 0 saturated heterocycles. The second-order valence-corrected chi connectivity index (χ2v) is 4.63. The topological polar surface area (TPSA) is 65.6 Å². The molecule has 9 heavy (non-hydrogen) atoms. The van der Waals surface area contributed by atoms with Crippen molar-refractivity contribution in [1.82, 2.24) is 0 Å². The van der Waals surface area contributed by atoms with E-state index in [2.05, 4.69) is 10.2 Å². The Balaban J connectivity index is 2.18. The molecule has 1 atom stereocenters. The number of nitrogens with one attached hydrogen (secondary N) is 1. The van der Waals surface area contributed by atoms with E-state index in [9.17, 15) is 4.21 Å². The summed E-state index contributed by atoms with van der Waals surface area (Å²) in [6, 6.07) is 0. The molecule has 0 spiro atoms. The van der Waals surface area contributed by atoms with Gasteiger partial charge < -0.3 is 0 Å². The molecule has 0 saturated carbocycles. The molecule has 0 aromatic heterocycles. The van der Waals surface area contributed by atoms with Gasteiger partial charge in [0.25, 0.3) is 0 Å². The Kier molecular flexibility index (Phi) is 1.52. The van der Waals surface area contributed by atoms with Crippen LogP contribution in [0.25, 0.3) is 0 Å². The minimum absolute atomic E-state index is 0.0659. The van der Waals surface area contributed by atoms with Crippen molar-refractivity contribution in [2.75, 3.05) is 12.0 Å². The maximum Gasteiger partial charge on any atom is 0.181 e. The average molecular weight is 149 g/mol. The van der Waals surface area contributed by atoms with Gasteiger partial charge in [-0.15, -0.1) is 0 Å². The van der Waals surface area contributed by atoms with Gasteiger partial charge in [-0.25, -0.2) is 0 Å². The van der Waals surface area contributed by atoms with Gasteiger partial charge in [-0.1, -0.05) is 0 Å². The van der Waals surface area contributed by atoms with Gasteiger partial charge in [0.05, 0.1) is 0 Å². The maximum atomic E-state index is 10.7. The lowest BCUT2D eigenvalue weighted by Crippen LogP contribution is -2.03. The molecular weight excluding hydrogens is 140 g/mol. The van der Waals surface area contributed by atoms with Crippen LogP contribution in [0.1, 0.15) is 6.42 Å². The van der Waals surface area contributed by atoms with Crippen LogP contribution in [0.3, 0.4) is 0 Å². The van der Waals surface area contributed by atoms with Gasteiger partial charge in [-0.05, 0) is 0 Å².